The number of aliphatic hydroxyl groups excluding tert-OH is 1. The first-order valence-corrected chi connectivity index (χ1v) is 10.9. The number of hydrogen-bond acceptors (Lipinski definition) is 7. The van der Waals surface area contributed by atoms with Crippen molar-refractivity contribution >= 4 is 5.91 Å². The average molecular weight is 437 g/mol. The minimum absolute atomic E-state index is 0.0295. The van der Waals surface area contributed by atoms with Crippen molar-refractivity contribution in [2.75, 3.05) is 26.8 Å². The van der Waals surface area contributed by atoms with Gasteiger partial charge in [0.15, 0.2) is 11.5 Å². The molecule has 1 aromatic carbocycles. The van der Waals surface area contributed by atoms with Crippen LogP contribution in [0.4, 0.5) is 0 Å². The van der Waals surface area contributed by atoms with Gasteiger partial charge in [-0.3, -0.25) is 9.48 Å². The number of hydrogen-bond donors (Lipinski definition) is 3. The van der Waals surface area contributed by atoms with Gasteiger partial charge in [0.2, 0.25) is 0 Å². The summed E-state index contributed by atoms with van der Waals surface area (Å²) in [6, 6.07) is 7.61. The van der Waals surface area contributed by atoms with E-state index in [-0.39, 0.29) is 12.5 Å². The van der Waals surface area contributed by atoms with Crippen molar-refractivity contribution in [3.63, 3.8) is 0 Å². The largest absolute Gasteiger partial charge is 0.497 e. The van der Waals surface area contributed by atoms with E-state index >= 15 is 0 Å². The smallest absolute Gasteiger partial charge is 0.272 e. The SMILES string of the molecule is COc1ccc(-c2ncc3c(n2)-c2c(c(C(=O)NCCCO)nn2CCCN)CC3)cc1. The van der Waals surface area contributed by atoms with E-state index < -0.39 is 0 Å². The van der Waals surface area contributed by atoms with Gasteiger partial charge in [0.25, 0.3) is 5.91 Å². The van der Waals surface area contributed by atoms with Crippen LogP contribution in [0.5, 0.6) is 5.75 Å². The first-order chi connectivity index (χ1) is 15.7. The highest BCUT2D eigenvalue weighted by Gasteiger charge is 2.29. The summed E-state index contributed by atoms with van der Waals surface area (Å²) in [6.45, 7) is 1.56. The fourth-order valence-electron chi connectivity index (χ4n) is 3.88. The van der Waals surface area contributed by atoms with Gasteiger partial charge in [-0.25, -0.2) is 9.97 Å². The third kappa shape index (κ3) is 4.35. The highest BCUT2D eigenvalue weighted by atomic mass is 16.5. The zero-order chi connectivity index (χ0) is 22.5. The molecule has 0 bridgehead atoms. The van der Waals surface area contributed by atoms with Crippen molar-refractivity contribution in [3.05, 3.63) is 47.3 Å². The minimum Gasteiger partial charge on any atom is -0.497 e. The molecule has 4 rings (SSSR count). The monoisotopic (exact) mass is 436 g/mol. The molecule has 1 aliphatic carbocycles. The summed E-state index contributed by atoms with van der Waals surface area (Å²) in [5, 5.41) is 16.5. The molecule has 0 atom stereocenters. The molecule has 0 saturated carbocycles. The Bertz CT molecular complexity index is 1090. The van der Waals surface area contributed by atoms with Crippen LogP contribution < -0.4 is 15.8 Å². The van der Waals surface area contributed by atoms with E-state index in [0.29, 0.717) is 44.0 Å². The molecule has 2 aromatic heterocycles. The number of methoxy groups -OCH3 is 1. The lowest BCUT2D eigenvalue weighted by Crippen LogP contribution is -2.26. The molecule has 0 spiro atoms. The zero-order valence-corrected chi connectivity index (χ0v) is 18.2. The molecule has 4 N–H and O–H groups in total. The van der Waals surface area contributed by atoms with Crippen LogP contribution >= 0.6 is 0 Å². The summed E-state index contributed by atoms with van der Waals surface area (Å²) in [5.74, 6) is 1.15. The molecule has 9 nitrogen and oxygen atoms in total. The number of amides is 1. The van der Waals surface area contributed by atoms with E-state index in [1.165, 1.54) is 0 Å². The molecule has 0 fully saturated rings. The van der Waals surface area contributed by atoms with Gasteiger partial charge in [0.1, 0.15) is 5.75 Å². The first kappa shape index (κ1) is 21.9. The van der Waals surface area contributed by atoms with Gasteiger partial charge in [-0.1, -0.05) is 0 Å². The Hall–Kier alpha value is -3.30. The molecule has 0 unspecified atom stereocenters. The molecule has 2 heterocycles. The van der Waals surface area contributed by atoms with E-state index in [0.717, 1.165) is 46.7 Å². The van der Waals surface area contributed by atoms with Crippen LogP contribution in [0.1, 0.15) is 34.5 Å². The van der Waals surface area contributed by atoms with Gasteiger partial charge in [-0.05, 0) is 62.1 Å². The molecule has 0 aliphatic heterocycles. The molecule has 1 aliphatic rings. The predicted molar refractivity (Wildman–Crippen MR) is 120 cm³/mol. The van der Waals surface area contributed by atoms with Crippen molar-refractivity contribution < 1.29 is 14.6 Å². The number of aromatic nitrogens is 4. The van der Waals surface area contributed by atoms with Gasteiger partial charge in [0.05, 0.1) is 18.5 Å². The third-order valence-corrected chi connectivity index (χ3v) is 5.54. The zero-order valence-electron chi connectivity index (χ0n) is 18.2. The van der Waals surface area contributed by atoms with Crippen molar-refractivity contribution in [1.82, 2.24) is 25.1 Å². The summed E-state index contributed by atoms with van der Waals surface area (Å²) in [5.41, 5.74) is 10.7. The number of carbonyl (C=O) groups is 1. The molecule has 3 aromatic rings. The Morgan fingerprint density at radius 2 is 2.06 bits per heavy atom. The van der Waals surface area contributed by atoms with Gasteiger partial charge in [0, 0.05) is 37.0 Å². The molecular formula is C23H28N6O3. The van der Waals surface area contributed by atoms with Crippen LogP contribution in [0.2, 0.25) is 0 Å². The summed E-state index contributed by atoms with van der Waals surface area (Å²) < 4.78 is 7.09. The lowest BCUT2D eigenvalue weighted by molar-refractivity contribution is 0.0944. The van der Waals surface area contributed by atoms with E-state index in [1.54, 1.807) is 7.11 Å². The number of nitrogens with one attached hydrogen (secondary N) is 1. The Morgan fingerprint density at radius 3 is 2.78 bits per heavy atom. The molecule has 1 amide bonds. The van der Waals surface area contributed by atoms with E-state index in [4.69, 9.17) is 20.6 Å². The number of ether oxygens (including phenoxy) is 1. The normalized spacial score (nSPS) is 12.2. The first-order valence-electron chi connectivity index (χ1n) is 10.9. The molecule has 168 valence electrons. The standard InChI is InChI=1S/C23H28N6O3/c1-32-17-7-4-15(5-8-17)22-26-14-16-6-9-18-20(23(31)25-11-3-13-30)28-29(12-2-10-24)21(18)19(16)27-22/h4-5,7-8,14,30H,2-3,6,9-13,24H2,1H3,(H,25,31). The number of carbonyl (C=O) groups excluding carboxylic acids is 1. The Morgan fingerprint density at radius 1 is 1.25 bits per heavy atom. The fraction of sp³-hybridized carbons (Fsp3) is 0.391. The number of nitrogens with zero attached hydrogens (tertiary/aromatic N) is 4. The fourth-order valence-corrected chi connectivity index (χ4v) is 3.88. The van der Waals surface area contributed by atoms with Gasteiger partial charge in [-0.15, -0.1) is 0 Å². The topological polar surface area (TPSA) is 128 Å². The second-order valence-corrected chi connectivity index (χ2v) is 7.67. The molecule has 32 heavy (non-hydrogen) atoms. The molecule has 0 radical (unpaired) electrons. The third-order valence-electron chi connectivity index (χ3n) is 5.54. The van der Waals surface area contributed by atoms with Crippen molar-refractivity contribution in [1.29, 1.82) is 0 Å². The minimum atomic E-state index is -0.228. The Balaban J connectivity index is 1.75. The highest BCUT2D eigenvalue weighted by Crippen LogP contribution is 2.35. The highest BCUT2D eigenvalue weighted by molar-refractivity contribution is 5.96. The lowest BCUT2D eigenvalue weighted by atomic mass is 9.93. The summed E-state index contributed by atoms with van der Waals surface area (Å²) >= 11 is 0. The van der Waals surface area contributed by atoms with Crippen molar-refractivity contribution in [2.45, 2.75) is 32.2 Å². The maximum absolute atomic E-state index is 12.8. The Labute approximate surface area is 186 Å². The maximum Gasteiger partial charge on any atom is 0.272 e. The lowest BCUT2D eigenvalue weighted by Gasteiger charge is -2.18. The number of fused-ring (bicyclic) bond motifs is 3. The molecule has 9 heteroatoms. The van der Waals surface area contributed by atoms with Crippen LogP contribution in [0, 0.1) is 0 Å². The van der Waals surface area contributed by atoms with Crippen LogP contribution in [-0.2, 0) is 19.4 Å². The number of nitrogens with two attached hydrogens (primary N) is 1. The van der Waals surface area contributed by atoms with Crippen LogP contribution in [0.3, 0.4) is 0 Å². The van der Waals surface area contributed by atoms with E-state index in [2.05, 4.69) is 15.4 Å². The second-order valence-electron chi connectivity index (χ2n) is 7.67. The van der Waals surface area contributed by atoms with Crippen molar-refractivity contribution in [2.24, 2.45) is 5.73 Å². The summed E-state index contributed by atoms with van der Waals surface area (Å²) in [6.07, 6.45) is 4.55. The maximum atomic E-state index is 12.8. The van der Waals surface area contributed by atoms with Crippen LogP contribution in [0.25, 0.3) is 22.8 Å². The summed E-state index contributed by atoms with van der Waals surface area (Å²) in [4.78, 5) is 22.3. The predicted octanol–water partition coefficient (Wildman–Crippen LogP) is 1.58. The number of benzene rings is 1. The quantitative estimate of drug-likeness (QED) is 0.434. The second kappa shape index (κ2) is 9.88. The molecule has 0 saturated heterocycles. The van der Waals surface area contributed by atoms with Crippen LogP contribution in [-0.4, -0.2) is 57.6 Å². The number of aryl methyl sites for hydroxylation is 2. The average Bonchev–Trinajstić information content (AvgIpc) is 3.21. The van der Waals surface area contributed by atoms with E-state index in [9.17, 15) is 4.79 Å². The van der Waals surface area contributed by atoms with Gasteiger partial charge in [-0.2, -0.15) is 5.10 Å². The van der Waals surface area contributed by atoms with Gasteiger partial charge < -0.3 is 20.9 Å². The van der Waals surface area contributed by atoms with Crippen LogP contribution in [0.15, 0.2) is 30.5 Å². The number of aliphatic hydroxyl groups is 1. The molecular weight excluding hydrogens is 408 g/mol. The number of rotatable bonds is 9. The van der Waals surface area contributed by atoms with Gasteiger partial charge >= 0.3 is 0 Å². The summed E-state index contributed by atoms with van der Waals surface area (Å²) in [7, 11) is 1.63. The Kier molecular flexibility index (Phi) is 6.77. The van der Waals surface area contributed by atoms with E-state index in [1.807, 2.05) is 35.1 Å². The van der Waals surface area contributed by atoms with Crippen molar-refractivity contribution in [3.8, 4) is 28.5 Å².